The number of carboxylic acids is 1. The fourth-order valence-corrected chi connectivity index (χ4v) is 0.889. The molecular formula is C12H15NO3. The number of benzene rings is 1. The Bertz CT molecular complexity index is 368. The molecule has 0 aliphatic heterocycles. The third-order valence-electron chi connectivity index (χ3n) is 1.58. The molecule has 4 nitrogen and oxygen atoms in total. The van der Waals surface area contributed by atoms with E-state index < -0.39 is 5.97 Å². The number of hydrogen-bond donors (Lipinski definition) is 2. The van der Waals surface area contributed by atoms with Crippen molar-refractivity contribution in [2.45, 2.75) is 13.8 Å². The van der Waals surface area contributed by atoms with Gasteiger partial charge < -0.3 is 10.4 Å². The van der Waals surface area contributed by atoms with Gasteiger partial charge >= 0.3 is 5.97 Å². The van der Waals surface area contributed by atoms with Gasteiger partial charge in [0.25, 0.3) is 0 Å². The lowest BCUT2D eigenvalue weighted by Gasteiger charge is -2.01. The molecule has 86 valence electrons. The third kappa shape index (κ3) is 4.41. The van der Waals surface area contributed by atoms with Crippen molar-refractivity contribution in [1.82, 2.24) is 0 Å². The zero-order valence-corrected chi connectivity index (χ0v) is 9.36. The number of hydrogen-bond acceptors (Lipinski definition) is 2. The van der Waals surface area contributed by atoms with Crippen LogP contribution in [0, 0.1) is 0 Å². The van der Waals surface area contributed by atoms with Crippen LogP contribution in [0.5, 0.6) is 0 Å². The molecule has 1 rings (SSSR count). The average Bonchev–Trinajstić information content (AvgIpc) is 2.32. The van der Waals surface area contributed by atoms with Gasteiger partial charge in [-0.1, -0.05) is 20.4 Å². The normalized spacial score (nSPS) is 8.38. The zero-order chi connectivity index (χ0) is 12.6. The van der Waals surface area contributed by atoms with E-state index in [1.54, 1.807) is 0 Å². The molecule has 0 heterocycles. The second-order valence-corrected chi connectivity index (χ2v) is 2.58. The molecule has 16 heavy (non-hydrogen) atoms. The molecule has 1 aromatic carbocycles. The van der Waals surface area contributed by atoms with Crippen molar-refractivity contribution >= 4 is 17.6 Å². The highest BCUT2D eigenvalue weighted by molar-refractivity contribution is 5.99. The summed E-state index contributed by atoms with van der Waals surface area (Å²) in [4.78, 5) is 21.3. The summed E-state index contributed by atoms with van der Waals surface area (Å²) in [7, 11) is 0. The van der Waals surface area contributed by atoms with Crippen LogP contribution in [0.25, 0.3) is 0 Å². The first-order valence-corrected chi connectivity index (χ1v) is 4.90. The Labute approximate surface area is 94.6 Å². The summed E-state index contributed by atoms with van der Waals surface area (Å²) in [5.41, 5.74) is 0.724. The van der Waals surface area contributed by atoms with Crippen molar-refractivity contribution in [2.24, 2.45) is 0 Å². The molecule has 0 unspecified atom stereocenters. The molecule has 0 aromatic heterocycles. The first-order chi connectivity index (χ1) is 7.63. The van der Waals surface area contributed by atoms with E-state index in [-0.39, 0.29) is 11.5 Å². The summed E-state index contributed by atoms with van der Waals surface area (Å²) >= 11 is 0. The van der Waals surface area contributed by atoms with E-state index in [0.717, 1.165) is 6.08 Å². The molecule has 0 atom stereocenters. The Morgan fingerprint density at radius 3 is 2.12 bits per heavy atom. The number of aromatic carboxylic acids is 1. The van der Waals surface area contributed by atoms with Gasteiger partial charge in [-0.05, 0) is 30.3 Å². The summed E-state index contributed by atoms with van der Waals surface area (Å²) in [6.45, 7) is 7.30. The van der Waals surface area contributed by atoms with Crippen LogP contribution in [0.1, 0.15) is 24.2 Å². The molecule has 1 amide bonds. The average molecular weight is 221 g/mol. The fraction of sp³-hybridized carbons (Fsp3) is 0.167. The molecule has 0 bridgehead atoms. The van der Waals surface area contributed by atoms with E-state index in [1.807, 2.05) is 13.8 Å². The Morgan fingerprint density at radius 2 is 1.75 bits per heavy atom. The van der Waals surface area contributed by atoms with Crippen molar-refractivity contribution in [3.05, 3.63) is 42.5 Å². The molecular weight excluding hydrogens is 206 g/mol. The van der Waals surface area contributed by atoms with Crippen LogP contribution in [0.4, 0.5) is 5.69 Å². The second kappa shape index (κ2) is 7.23. The molecule has 0 saturated carbocycles. The molecule has 0 saturated heterocycles. The predicted octanol–water partition coefficient (Wildman–Crippen LogP) is 2.54. The van der Waals surface area contributed by atoms with Crippen LogP contribution in [0.2, 0.25) is 0 Å². The molecule has 0 spiro atoms. The number of carbonyl (C=O) groups is 2. The fourth-order valence-electron chi connectivity index (χ4n) is 0.889. The van der Waals surface area contributed by atoms with E-state index >= 15 is 0 Å². The van der Waals surface area contributed by atoms with Crippen molar-refractivity contribution < 1.29 is 14.7 Å². The number of amides is 1. The first-order valence-electron chi connectivity index (χ1n) is 4.90. The number of carboxylic acid groups (broad SMARTS) is 1. The number of carbonyl (C=O) groups excluding carboxylic acids is 1. The van der Waals surface area contributed by atoms with Gasteiger partial charge in [0, 0.05) is 5.69 Å². The molecule has 1 aromatic rings. The van der Waals surface area contributed by atoms with Crippen LogP contribution < -0.4 is 5.32 Å². The monoisotopic (exact) mass is 221 g/mol. The van der Waals surface area contributed by atoms with Gasteiger partial charge in [0.05, 0.1) is 5.56 Å². The van der Waals surface area contributed by atoms with Crippen molar-refractivity contribution in [1.29, 1.82) is 0 Å². The maximum Gasteiger partial charge on any atom is 0.335 e. The number of anilines is 1. The summed E-state index contributed by atoms with van der Waals surface area (Å²) in [5, 5.41) is 11.1. The topological polar surface area (TPSA) is 66.4 Å². The smallest absolute Gasteiger partial charge is 0.335 e. The molecule has 2 N–H and O–H groups in total. The predicted molar refractivity (Wildman–Crippen MR) is 63.6 cm³/mol. The lowest BCUT2D eigenvalue weighted by atomic mass is 10.2. The van der Waals surface area contributed by atoms with Gasteiger partial charge in [-0.2, -0.15) is 0 Å². The minimum atomic E-state index is -0.994. The Hall–Kier alpha value is -2.10. The van der Waals surface area contributed by atoms with Gasteiger partial charge in [-0.25, -0.2) is 4.79 Å². The number of nitrogens with one attached hydrogen (secondary N) is 1. The summed E-state index contributed by atoms with van der Waals surface area (Å²) in [6.07, 6.45) is 1.14. The highest BCUT2D eigenvalue weighted by atomic mass is 16.4. The van der Waals surface area contributed by atoms with E-state index in [2.05, 4.69) is 11.9 Å². The lowest BCUT2D eigenvalue weighted by molar-refractivity contribution is -0.111. The standard InChI is InChI=1S/C10H9NO3.C2H6/c1-2-9(12)11-8-5-3-7(4-6-8)10(13)14;1-2/h2-6H,1H2,(H,11,12)(H,13,14);1-2H3. The minimum Gasteiger partial charge on any atom is -0.478 e. The summed E-state index contributed by atoms with van der Waals surface area (Å²) in [5.74, 6) is -1.32. The largest absolute Gasteiger partial charge is 0.478 e. The van der Waals surface area contributed by atoms with E-state index in [4.69, 9.17) is 5.11 Å². The third-order valence-corrected chi connectivity index (χ3v) is 1.58. The lowest BCUT2D eigenvalue weighted by Crippen LogP contribution is -2.07. The van der Waals surface area contributed by atoms with E-state index in [1.165, 1.54) is 24.3 Å². The molecule has 0 aliphatic rings. The van der Waals surface area contributed by atoms with Crippen molar-refractivity contribution in [3.63, 3.8) is 0 Å². The van der Waals surface area contributed by atoms with Crippen LogP contribution in [-0.4, -0.2) is 17.0 Å². The Morgan fingerprint density at radius 1 is 1.25 bits per heavy atom. The van der Waals surface area contributed by atoms with Gasteiger partial charge in [0.15, 0.2) is 0 Å². The van der Waals surface area contributed by atoms with Crippen molar-refractivity contribution in [2.75, 3.05) is 5.32 Å². The SMILES string of the molecule is C=CC(=O)Nc1ccc(C(=O)O)cc1.CC. The van der Waals surface area contributed by atoms with Gasteiger partial charge in [0.1, 0.15) is 0 Å². The number of rotatable bonds is 3. The van der Waals surface area contributed by atoms with Crippen LogP contribution in [0.3, 0.4) is 0 Å². The quantitative estimate of drug-likeness (QED) is 0.771. The van der Waals surface area contributed by atoms with Crippen LogP contribution in [0.15, 0.2) is 36.9 Å². The Kier molecular flexibility index (Phi) is 6.28. The first kappa shape index (κ1) is 13.9. The van der Waals surface area contributed by atoms with E-state index in [9.17, 15) is 9.59 Å². The maximum atomic E-state index is 10.9. The summed E-state index contributed by atoms with van der Waals surface area (Å²) in [6, 6.07) is 5.87. The van der Waals surface area contributed by atoms with Gasteiger partial charge in [0.2, 0.25) is 5.91 Å². The Balaban J connectivity index is 0.00000106. The summed E-state index contributed by atoms with van der Waals surface area (Å²) < 4.78 is 0. The van der Waals surface area contributed by atoms with E-state index in [0.29, 0.717) is 5.69 Å². The molecule has 0 aliphatic carbocycles. The minimum absolute atomic E-state index is 0.182. The second-order valence-electron chi connectivity index (χ2n) is 2.58. The highest BCUT2D eigenvalue weighted by Gasteiger charge is 2.02. The molecule has 0 fully saturated rings. The molecule has 0 radical (unpaired) electrons. The van der Waals surface area contributed by atoms with Crippen LogP contribution in [-0.2, 0) is 4.79 Å². The highest BCUT2D eigenvalue weighted by Crippen LogP contribution is 2.09. The van der Waals surface area contributed by atoms with Gasteiger partial charge in [-0.3, -0.25) is 4.79 Å². The van der Waals surface area contributed by atoms with Crippen LogP contribution >= 0.6 is 0 Å². The molecule has 4 heteroatoms. The maximum absolute atomic E-state index is 10.9. The van der Waals surface area contributed by atoms with Gasteiger partial charge in [-0.15, -0.1) is 0 Å². The van der Waals surface area contributed by atoms with Crippen molar-refractivity contribution in [3.8, 4) is 0 Å². The zero-order valence-electron chi connectivity index (χ0n) is 9.36.